The molecule has 1 aromatic carbocycles. The van der Waals surface area contributed by atoms with Crippen molar-refractivity contribution in [1.29, 1.82) is 0 Å². The van der Waals surface area contributed by atoms with Gasteiger partial charge in [-0.05, 0) is 37.0 Å². The van der Waals surface area contributed by atoms with Crippen LogP contribution in [-0.4, -0.2) is 18.4 Å². The average molecular weight is 339 g/mol. The molecule has 0 aliphatic heterocycles. The number of hydrogen-bond acceptors (Lipinski definition) is 3. The van der Waals surface area contributed by atoms with Gasteiger partial charge in [-0.3, -0.25) is 5.73 Å². The molecule has 1 aliphatic rings. The monoisotopic (exact) mass is 339 g/mol. The minimum Gasteiger partial charge on any atom is -0.440 e. The highest BCUT2D eigenvalue weighted by molar-refractivity contribution is 5.75. The normalized spacial score (nSPS) is 16.3. The lowest BCUT2D eigenvalue weighted by atomic mass is 10.0. The Balaban J connectivity index is 1.86. The number of carbonyl (C=O) groups is 1. The van der Waals surface area contributed by atoms with Gasteiger partial charge in [-0.2, -0.15) is 13.2 Å². The standard InChI is InChI=1S/C18H20F3NO2/c19-18(20,21)17(23)24-16(22)11-10-15-7-3-6-14(12-15)9-8-13-4-1-2-5-13/h3,6-7,12-13,16H,1-2,4-5,10-11,22H2. The van der Waals surface area contributed by atoms with Crippen molar-refractivity contribution in [2.75, 3.05) is 0 Å². The predicted molar refractivity (Wildman–Crippen MR) is 83.7 cm³/mol. The predicted octanol–water partition coefficient (Wildman–Crippen LogP) is 3.55. The topological polar surface area (TPSA) is 52.3 Å². The van der Waals surface area contributed by atoms with Crippen molar-refractivity contribution < 1.29 is 22.7 Å². The average Bonchev–Trinajstić information content (AvgIpc) is 3.04. The zero-order chi connectivity index (χ0) is 17.6. The first kappa shape index (κ1) is 18.3. The highest BCUT2D eigenvalue weighted by Gasteiger charge is 2.41. The first-order valence-electron chi connectivity index (χ1n) is 7.98. The second kappa shape index (κ2) is 8.20. The summed E-state index contributed by atoms with van der Waals surface area (Å²) >= 11 is 0. The molecule has 1 fully saturated rings. The molecule has 1 unspecified atom stereocenters. The van der Waals surface area contributed by atoms with Gasteiger partial charge in [0.1, 0.15) is 0 Å². The minimum atomic E-state index is -5.02. The third-order valence-electron chi connectivity index (χ3n) is 3.91. The summed E-state index contributed by atoms with van der Waals surface area (Å²) in [7, 11) is 0. The Morgan fingerprint density at radius 3 is 2.71 bits per heavy atom. The smallest absolute Gasteiger partial charge is 0.440 e. The lowest BCUT2D eigenvalue weighted by Gasteiger charge is -2.14. The van der Waals surface area contributed by atoms with E-state index in [4.69, 9.17) is 5.73 Å². The maximum Gasteiger partial charge on any atom is 0.490 e. The van der Waals surface area contributed by atoms with Crippen molar-refractivity contribution in [2.24, 2.45) is 11.7 Å². The van der Waals surface area contributed by atoms with Crippen molar-refractivity contribution in [3.05, 3.63) is 35.4 Å². The zero-order valence-corrected chi connectivity index (χ0v) is 13.2. The van der Waals surface area contributed by atoms with Crippen LogP contribution in [0.3, 0.4) is 0 Å². The summed E-state index contributed by atoms with van der Waals surface area (Å²) in [5.41, 5.74) is 7.20. The number of halogens is 3. The van der Waals surface area contributed by atoms with Crippen molar-refractivity contribution in [2.45, 2.75) is 50.9 Å². The Bertz CT molecular complexity index is 625. The van der Waals surface area contributed by atoms with E-state index >= 15 is 0 Å². The van der Waals surface area contributed by atoms with Gasteiger partial charge in [0, 0.05) is 17.9 Å². The number of nitrogens with two attached hydrogens (primary N) is 1. The number of rotatable bonds is 4. The quantitative estimate of drug-likeness (QED) is 0.518. The van der Waals surface area contributed by atoms with E-state index in [1.807, 2.05) is 24.3 Å². The molecule has 0 bridgehead atoms. The molecule has 3 nitrogen and oxygen atoms in total. The van der Waals surface area contributed by atoms with Gasteiger partial charge in [-0.15, -0.1) is 0 Å². The maximum absolute atomic E-state index is 12.1. The van der Waals surface area contributed by atoms with E-state index in [9.17, 15) is 18.0 Å². The lowest BCUT2D eigenvalue weighted by molar-refractivity contribution is -0.204. The molecule has 0 saturated heterocycles. The molecule has 2 rings (SSSR count). The van der Waals surface area contributed by atoms with Gasteiger partial charge in [0.2, 0.25) is 0 Å². The van der Waals surface area contributed by atoms with E-state index in [0.717, 1.165) is 24.0 Å². The molecule has 1 saturated carbocycles. The Morgan fingerprint density at radius 1 is 1.33 bits per heavy atom. The SMILES string of the molecule is NC(CCc1cccc(C#CC2CCCC2)c1)OC(=O)C(F)(F)F. The van der Waals surface area contributed by atoms with Gasteiger partial charge in [0.15, 0.2) is 6.23 Å². The molecule has 0 aromatic heterocycles. The van der Waals surface area contributed by atoms with Gasteiger partial charge in [0.05, 0.1) is 0 Å². The van der Waals surface area contributed by atoms with E-state index in [0.29, 0.717) is 12.3 Å². The summed E-state index contributed by atoms with van der Waals surface area (Å²) < 4.78 is 40.4. The van der Waals surface area contributed by atoms with Gasteiger partial charge >= 0.3 is 12.1 Å². The molecule has 6 heteroatoms. The maximum atomic E-state index is 12.1. The summed E-state index contributed by atoms with van der Waals surface area (Å²) in [5, 5.41) is 0. The molecule has 0 spiro atoms. The highest BCUT2D eigenvalue weighted by atomic mass is 19.4. The van der Waals surface area contributed by atoms with E-state index in [2.05, 4.69) is 16.6 Å². The fraction of sp³-hybridized carbons (Fsp3) is 0.500. The molecule has 0 amide bonds. The number of aryl methyl sites for hydroxylation is 1. The Kier molecular flexibility index (Phi) is 6.27. The second-order valence-electron chi connectivity index (χ2n) is 5.93. The molecule has 2 N–H and O–H groups in total. The van der Waals surface area contributed by atoms with Crippen LogP contribution >= 0.6 is 0 Å². The molecule has 0 heterocycles. The number of ether oxygens (including phenoxy) is 1. The lowest BCUT2D eigenvalue weighted by Crippen LogP contribution is -2.34. The number of alkyl halides is 3. The molecule has 130 valence electrons. The van der Waals surface area contributed by atoms with Crippen LogP contribution in [-0.2, 0) is 16.0 Å². The summed E-state index contributed by atoms with van der Waals surface area (Å²) in [6.07, 6.45) is -1.03. The van der Waals surface area contributed by atoms with Crippen LogP contribution in [0.25, 0.3) is 0 Å². The van der Waals surface area contributed by atoms with Crippen molar-refractivity contribution in [3.8, 4) is 11.8 Å². The van der Waals surface area contributed by atoms with Gasteiger partial charge in [-0.25, -0.2) is 4.79 Å². The largest absolute Gasteiger partial charge is 0.490 e. The van der Waals surface area contributed by atoms with Crippen molar-refractivity contribution >= 4 is 5.97 Å². The summed E-state index contributed by atoms with van der Waals surface area (Å²) in [6.45, 7) is 0. The Hall–Kier alpha value is -2.00. The summed E-state index contributed by atoms with van der Waals surface area (Å²) in [6, 6.07) is 7.48. The number of benzene rings is 1. The first-order valence-corrected chi connectivity index (χ1v) is 7.98. The van der Waals surface area contributed by atoms with Crippen LogP contribution in [0, 0.1) is 17.8 Å². The minimum absolute atomic E-state index is 0.112. The number of hydrogen-bond donors (Lipinski definition) is 1. The molecule has 1 aliphatic carbocycles. The first-order chi connectivity index (χ1) is 11.3. The Morgan fingerprint density at radius 2 is 2.04 bits per heavy atom. The van der Waals surface area contributed by atoms with Crippen LogP contribution in [0.15, 0.2) is 24.3 Å². The van der Waals surface area contributed by atoms with Gasteiger partial charge in [0.25, 0.3) is 0 Å². The van der Waals surface area contributed by atoms with Gasteiger partial charge in [-0.1, -0.05) is 36.8 Å². The van der Waals surface area contributed by atoms with E-state index in [1.54, 1.807) is 0 Å². The van der Waals surface area contributed by atoms with Crippen LogP contribution in [0.4, 0.5) is 13.2 Å². The fourth-order valence-electron chi connectivity index (χ4n) is 2.63. The molecule has 1 atom stereocenters. The fourth-order valence-corrected chi connectivity index (χ4v) is 2.63. The zero-order valence-electron chi connectivity index (χ0n) is 13.2. The van der Waals surface area contributed by atoms with E-state index < -0.39 is 18.4 Å². The van der Waals surface area contributed by atoms with Crippen LogP contribution in [0.2, 0.25) is 0 Å². The van der Waals surface area contributed by atoms with Crippen molar-refractivity contribution in [1.82, 2.24) is 0 Å². The third kappa shape index (κ3) is 5.89. The Labute approximate surface area is 139 Å². The van der Waals surface area contributed by atoms with E-state index in [1.165, 1.54) is 12.8 Å². The van der Waals surface area contributed by atoms with Crippen LogP contribution in [0.5, 0.6) is 0 Å². The molecular formula is C18H20F3NO2. The molecule has 1 aromatic rings. The summed E-state index contributed by atoms with van der Waals surface area (Å²) in [4.78, 5) is 10.7. The molecule has 24 heavy (non-hydrogen) atoms. The van der Waals surface area contributed by atoms with E-state index in [-0.39, 0.29) is 6.42 Å². The van der Waals surface area contributed by atoms with Crippen LogP contribution in [0.1, 0.15) is 43.2 Å². The summed E-state index contributed by atoms with van der Waals surface area (Å²) in [5.74, 6) is 4.62. The van der Waals surface area contributed by atoms with Crippen LogP contribution < -0.4 is 5.73 Å². The highest BCUT2D eigenvalue weighted by Crippen LogP contribution is 2.23. The van der Waals surface area contributed by atoms with Crippen molar-refractivity contribution in [3.63, 3.8) is 0 Å². The number of carbonyl (C=O) groups excluding carboxylic acids is 1. The van der Waals surface area contributed by atoms with Gasteiger partial charge < -0.3 is 4.74 Å². The molecule has 0 radical (unpaired) electrons. The number of esters is 1. The second-order valence-corrected chi connectivity index (χ2v) is 5.93. The third-order valence-corrected chi connectivity index (χ3v) is 3.91. The molecular weight excluding hydrogens is 319 g/mol.